The lowest BCUT2D eigenvalue weighted by molar-refractivity contribution is -0.120. The highest BCUT2D eigenvalue weighted by molar-refractivity contribution is 7.89. The van der Waals surface area contributed by atoms with Gasteiger partial charge in [0, 0.05) is 6.54 Å². The summed E-state index contributed by atoms with van der Waals surface area (Å²) < 4.78 is 38.9. The molecular formula is C16H17FN2O3S. The van der Waals surface area contributed by atoms with Crippen LogP contribution in [-0.2, 0) is 21.4 Å². The van der Waals surface area contributed by atoms with E-state index in [1.807, 2.05) is 31.2 Å². The van der Waals surface area contributed by atoms with E-state index in [1.54, 1.807) is 0 Å². The first-order chi connectivity index (χ1) is 10.9. The van der Waals surface area contributed by atoms with Gasteiger partial charge in [0.2, 0.25) is 15.9 Å². The number of sulfonamides is 1. The number of hydrogen-bond donors (Lipinski definition) is 2. The zero-order valence-electron chi connectivity index (χ0n) is 12.5. The average molecular weight is 336 g/mol. The van der Waals surface area contributed by atoms with E-state index < -0.39 is 21.7 Å². The molecule has 2 aromatic carbocycles. The SMILES string of the molecule is Cc1ccccc1CNC(=O)CNS(=O)(=O)c1ccc(F)cc1. The summed E-state index contributed by atoms with van der Waals surface area (Å²) in [6, 6.07) is 12.0. The van der Waals surface area contributed by atoms with E-state index in [1.165, 1.54) is 0 Å². The lowest BCUT2D eigenvalue weighted by Crippen LogP contribution is -2.36. The van der Waals surface area contributed by atoms with Gasteiger partial charge < -0.3 is 5.32 Å². The van der Waals surface area contributed by atoms with E-state index in [9.17, 15) is 17.6 Å². The molecule has 23 heavy (non-hydrogen) atoms. The highest BCUT2D eigenvalue weighted by Gasteiger charge is 2.15. The molecule has 122 valence electrons. The molecule has 0 unspecified atom stereocenters. The molecule has 0 fully saturated rings. The van der Waals surface area contributed by atoms with Gasteiger partial charge >= 0.3 is 0 Å². The molecule has 0 radical (unpaired) electrons. The second-order valence-corrected chi connectivity index (χ2v) is 6.75. The summed E-state index contributed by atoms with van der Waals surface area (Å²) in [5.41, 5.74) is 2.00. The van der Waals surface area contributed by atoms with Crippen molar-refractivity contribution in [2.24, 2.45) is 0 Å². The first kappa shape index (κ1) is 17.1. The number of carbonyl (C=O) groups excluding carboxylic acids is 1. The molecule has 0 aromatic heterocycles. The zero-order chi connectivity index (χ0) is 16.9. The van der Waals surface area contributed by atoms with Crippen molar-refractivity contribution in [2.75, 3.05) is 6.54 Å². The summed E-state index contributed by atoms with van der Waals surface area (Å²) in [5.74, 6) is -0.973. The predicted octanol–water partition coefficient (Wildman–Crippen LogP) is 1.73. The van der Waals surface area contributed by atoms with Crippen LogP contribution in [-0.4, -0.2) is 20.9 Å². The second kappa shape index (κ2) is 7.34. The van der Waals surface area contributed by atoms with Crippen LogP contribution in [0.25, 0.3) is 0 Å². The number of amides is 1. The first-order valence-electron chi connectivity index (χ1n) is 6.95. The number of nitrogens with one attached hydrogen (secondary N) is 2. The number of rotatable bonds is 6. The molecule has 0 saturated carbocycles. The van der Waals surface area contributed by atoms with Crippen LogP contribution in [0.2, 0.25) is 0 Å². The quantitative estimate of drug-likeness (QED) is 0.843. The van der Waals surface area contributed by atoms with E-state index in [0.717, 1.165) is 35.4 Å². The lowest BCUT2D eigenvalue weighted by Gasteiger charge is -2.09. The Balaban J connectivity index is 1.89. The minimum absolute atomic E-state index is 0.0920. The van der Waals surface area contributed by atoms with Crippen molar-refractivity contribution in [2.45, 2.75) is 18.4 Å². The zero-order valence-corrected chi connectivity index (χ0v) is 13.4. The fourth-order valence-corrected chi connectivity index (χ4v) is 2.90. The minimum Gasteiger partial charge on any atom is -0.351 e. The molecule has 7 heteroatoms. The summed E-state index contributed by atoms with van der Waals surface area (Å²) in [6.45, 7) is 1.87. The minimum atomic E-state index is -3.84. The van der Waals surface area contributed by atoms with E-state index in [0.29, 0.717) is 6.54 Å². The average Bonchev–Trinajstić information content (AvgIpc) is 2.53. The Kier molecular flexibility index (Phi) is 5.46. The molecule has 0 heterocycles. The van der Waals surface area contributed by atoms with Crippen molar-refractivity contribution in [1.82, 2.24) is 10.0 Å². The van der Waals surface area contributed by atoms with Crippen LogP contribution in [0.1, 0.15) is 11.1 Å². The molecule has 0 bridgehead atoms. The summed E-state index contributed by atoms with van der Waals surface area (Å²) in [7, 11) is -3.84. The van der Waals surface area contributed by atoms with Crippen LogP contribution in [0.15, 0.2) is 53.4 Å². The van der Waals surface area contributed by atoms with Crippen LogP contribution >= 0.6 is 0 Å². The van der Waals surface area contributed by atoms with Crippen molar-refractivity contribution in [3.05, 3.63) is 65.5 Å². The Labute approximate surface area is 134 Å². The molecule has 0 atom stereocenters. The number of benzene rings is 2. The molecule has 5 nitrogen and oxygen atoms in total. The summed E-state index contributed by atoms with van der Waals surface area (Å²) in [5, 5.41) is 2.65. The number of carbonyl (C=O) groups is 1. The van der Waals surface area contributed by atoms with E-state index in [2.05, 4.69) is 10.0 Å². The lowest BCUT2D eigenvalue weighted by atomic mass is 10.1. The molecule has 2 N–H and O–H groups in total. The van der Waals surface area contributed by atoms with E-state index in [-0.39, 0.29) is 11.4 Å². The smallest absolute Gasteiger partial charge is 0.241 e. The maximum atomic E-state index is 12.8. The molecule has 2 aromatic rings. The van der Waals surface area contributed by atoms with Crippen molar-refractivity contribution in [3.8, 4) is 0 Å². The van der Waals surface area contributed by atoms with Gasteiger partial charge in [-0.05, 0) is 42.3 Å². The van der Waals surface area contributed by atoms with Crippen molar-refractivity contribution >= 4 is 15.9 Å². The molecule has 0 aliphatic rings. The Hall–Kier alpha value is -2.25. The molecular weight excluding hydrogens is 319 g/mol. The normalized spacial score (nSPS) is 11.2. The predicted molar refractivity (Wildman–Crippen MR) is 84.6 cm³/mol. The van der Waals surface area contributed by atoms with Gasteiger partial charge in [-0.15, -0.1) is 0 Å². The van der Waals surface area contributed by atoms with E-state index >= 15 is 0 Å². The number of aryl methyl sites for hydroxylation is 1. The fraction of sp³-hybridized carbons (Fsp3) is 0.188. The Bertz CT molecular complexity index is 789. The van der Waals surface area contributed by atoms with Crippen LogP contribution < -0.4 is 10.0 Å². The monoisotopic (exact) mass is 336 g/mol. The maximum absolute atomic E-state index is 12.8. The summed E-state index contributed by atoms with van der Waals surface area (Å²) in [6.07, 6.45) is 0. The second-order valence-electron chi connectivity index (χ2n) is 4.98. The standard InChI is InChI=1S/C16H17FN2O3S/c1-12-4-2-3-5-13(12)10-18-16(20)11-19-23(21,22)15-8-6-14(17)7-9-15/h2-9,19H,10-11H2,1H3,(H,18,20). The van der Waals surface area contributed by atoms with Crippen LogP contribution in [0.4, 0.5) is 4.39 Å². The molecule has 2 rings (SSSR count). The van der Waals surface area contributed by atoms with Gasteiger partial charge in [0.25, 0.3) is 0 Å². The third kappa shape index (κ3) is 4.87. The van der Waals surface area contributed by atoms with Crippen LogP contribution in [0.5, 0.6) is 0 Å². The summed E-state index contributed by atoms with van der Waals surface area (Å²) in [4.78, 5) is 11.7. The Morgan fingerprint density at radius 3 is 2.39 bits per heavy atom. The molecule has 0 spiro atoms. The summed E-state index contributed by atoms with van der Waals surface area (Å²) >= 11 is 0. The van der Waals surface area contributed by atoms with E-state index in [4.69, 9.17) is 0 Å². The van der Waals surface area contributed by atoms with Gasteiger partial charge in [0.15, 0.2) is 0 Å². The molecule has 0 saturated heterocycles. The number of halogens is 1. The van der Waals surface area contributed by atoms with Crippen molar-refractivity contribution in [3.63, 3.8) is 0 Å². The Morgan fingerprint density at radius 1 is 1.09 bits per heavy atom. The first-order valence-corrected chi connectivity index (χ1v) is 8.43. The third-order valence-electron chi connectivity index (χ3n) is 3.28. The largest absolute Gasteiger partial charge is 0.351 e. The van der Waals surface area contributed by atoms with Gasteiger partial charge in [-0.25, -0.2) is 17.5 Å². The van der Waals surface area contributed by atoms with Gasteiger partial charge in [-0.2, -0.15) is 0 Å². The van der Waals surface area contributed by atoms with Crippen LogP contribution in [0.3, 0.4) is 0 Å². The third-order valence-corrected chi connectivity index (χ3v) is 4.70. The topological polar surface area (TPSA) is 75.3 Å². The van der Waals surface area contributed by atoms with Crippen molar-refractivity contribution < 1.29 is 17.6 Å². The fourth-order valence-electron chi connectivity index (χ4n) is 1.92. The van der Waals surface area contributed by atoms with Crippen LogP contribution in [0, 0.1) is 12.7 Å². The Morgan fingerprint density at radius 2 is 1.74 bits per heavy atom. The van der Waals surface area contributed by atoms with Gasteiger partial charge in [-0.3, -0.25) is 4.79 Å². The molecule has 0 aliphatic heterocycles. The molecule has 1 amide bonds. The highest BCUT2D eigenvalue weighted by Crippen LogP contribution is 2.09. The highest BCUT2D eigenvalue weighted by atomic mass is 32.2. The molecule has 0 aliphatic carbocycles. The van der Waals surface area contributed by atoms with Gasteiger partial charge in [0.1, 0.15) is 5.82 Å². The van der Waals surface area contributed by atoms with Crippen molar-refractivity contribution in [1.29, 1.82) is 0 Å². The maximum Gasteiger partial charge on any atom is 0.241 e. The number of hydrogen-bond acceptors (Lipinski definition) is 3. The van der Waals surface area contributed by atoms with Gasteiger partial charge in [0.05, 0.1) is 11.4 Å². The van der Waals surface area contributed by atoms with Gasteiger partial charge in [-0.1, -0.05) is 24.3 Å².